The molecule has 0 unspecified atom stereocenters. The molecule has 152 valence electrons. The van der Waals surface area contributed by atoms with Crippen LogP contribution in [0.2, 0.25) is 5.02 Å². The SMILES string of the molecule is CCn1cc(Cl)c(CNC(=O)c2ccc(COc3ccc([N+](=O)[O-])c(C)c3)o2)n1. The van der Waals surface area contributed by atoms with Crippen molar-refractivity contribution in [1.82, 2.24) is 15.1 Å². The molecule has 0 saturated carbocycles. The first-order valence-corrected chi connectivity index (χ1v) is 9.21. The first-order valence-electron chi connectivity index (χ1n) is 8.84. The largest absolute Gasteiger partial charge is 0.486 e. The topological polar surface area (TPSA) is 112 Å². The van der Waals surface area contributed by atoms with Gasteiger partial charge in [0.25, 0.3) is 11.6 Å². The van der Waals surface area contributed by atoms with Crippen molar-refractivity contribution in [1.29, 1.82) is 0 Å². The minimum atomic E-state index is -0.448. The Morgan fingerprint density at radius 3 is 2.83 bits per heavy atom. The number of carbonyl (C=O) groups excluding carboxylic acids is 1. The van der Waals surface area contributed by atoms with Crippen molar-refractivity contribution < 1.29 is 18.9 Å². The molecule has 29 heavy (non-hydrogen) atoms. The average molecular weight is 419 g/mol. The molecule has 0 radical (unpaired) electrons. The number of aromatic nitrogens is 2. The molecule has 3 aromatic rings. The Morgan fingerprint density at radius 2 is 2.17 bits per heavy atom. The van der Waals surface area contributed by atoms with Gasteiger partial charge >= 0.3 is 0 Å². The minimum Gasteiger partial charge on any atom is -0.486 e. The molecule has 0 fully saturated rings. The molecule has 2 aromatic heterocycles. The van der Waals surface area contributed by atoms with Crippen molar-refractivity contribution in [2.24, 2.45) is 0 Å². The van der Waals surface area contributed by atoms with Crippen LogP contribution in [0, 0.1) is 17.0 Å². The van der Waals surface area contributed by atoms with Gasteiger partial charge in [0.15, 0.2) is 5.76 Å². The Kier molecular flexibility index (Phi) is 6.18. The van der Waals surface area contributed by atoms with Crippen LogP contribution in [0.3, 0.4) is 0 Å². The van der Waals surface area contributed by atoms with Crippen molar-refractivity contribution in [3.63, 3.8) is 0 Å². The molecule has 1 N–H and O–H groups in total. The van der Waals surface area contributed by atoms with Crippen LogP contribution >= 0.6 is 11.6 Å². The second-order valence-corrected chi connectivity index (χ2v) is 6.63. The van der Waals surface area contributed by atoms with Crippen LogP contribution in [0.5, 0.6) is 5.75 Å². The number of hydrogen-bond acceptors (Lipinski definition) is 6. The molecule has 9 nitrogen and oxygen atoms in total. The van der Waals surface area contributed by atoms with Gasteiger partial charge < -0.3 is 14.5 Å². The summed E-state index contributed by atoms with van der Waals surface area (Å²) >= 11 is 6.08. The van der Waals surface area contributed by atoms with Gasteiger partial charge in [0.1, 0.15) is 23.8 Å². The molecule has 0 bridgehead atoms. The van der Waals surface area contributed by atoms with Crippen molar-refractivity contribution in [2.45, 2.75) is 33.5 Å². The number of amides is 1. The fourth-order valence-electron chi connectivity index (χ4n) is 2.62. The van der Waals surface area contributed by atoms with Crippen molar-refractivity contribution in [2.75, 3.05) is 0 Å². The van der Waals surface area contributed by atoms with Crippen LogP contribution in [0.1, 0.15) is 34.5 Å². The highest BCUT2D eigenvalue weighted by molar-refractivity contribution is 6.31. The van der Waals surface area contributed by atoms with Crippen LogP contribution < -0.4 is 10.1 Å². The van der Waals surface area contributed by atoms with E-state index in [-0.39, 0.29) is 24.6 Å². The third kappa shape index (κ3) is 4.94. The number of aryl methyl sites for hydroxylation is 2. The highest BCUT2D eigenvalue weighted by Crippen LogP contribution is 2.24. The molecule has 10 heteroatoms. The average Bonchev–Trinajstić information content (AvgIpc) is 3.30. The third-order valence-electron chi connectivity index (χ3n) is 4.16. The Bertz CT molecular complexity index is 1040. The summed E-state index contributed by atoms with van der Waals surface area (Å²) in [6.07, 6.45) is 1.70. The highest BCUT2D eigenvalue weighted by atomic mass is 35.5. The molecule has 3 rings (SSSR count). The number of carbonyl (C=O) groups is 1. The van der Waals surface area contributed by atoms with E-state index in [2.05, 4.69) is 10.4 Å². The summed E-state index contributed by atoms with van der Waals surface area (Å²) in [6.45, 7) is 4.52. The van der Waals surface area contributed by atoms with Crippen LogP contribution in [0.25, 0.3) is 0 Å². The Morgan fingerprint density at radius 1 is 1.38 bits per heavy atom. The summed E-state index contributed by atoms with van der Waals surface area (Å²) < 4.78 is 12.8. The maximum Gasteiger partial charge on any atom is 0.287 e. The van der Waals surface area contributed by atoms with E-state index in [4.69, 9.17) is 20.8 Å². The molecule has 0 aliphatic carbocycles. The van der Waals surface area contributed by atoms with Gasteiger partial charge in [-0.1, -0.05) is 11.6 Å². The first-order chi connectivity index (χ1) is 13.9. The van der Waals surface area contributed by atoms with Crippen molar-refractivity contribution in [3.8, 4) is 5.75 Å². The van der Waals surface area contributed by atoms with E-state index in [1.165, 1.54) is 12.1 Å². The summed E-state index contributed by atoms with van der Waals surface area (Å²) in [4.78, 5) is 22.7. The molecule has 0 saturated heterocycles. The molecular formula is C19H19ClN4O5. The monoisotopic (exact) mass is 418 g/mol. The lowest BCUT2D eigenvalue weighted by Crippen LogP contribution is -2.22. The summed E-state index contributed by atoms with van der Waals surface area (Å²) in [7, 11) is 0. The standard InChI is InChI=1S/C19H19ClN4O5/c1-3-23-10-15(20)16(22-23)9-21-19(25)18-7-5-14(29-18)11-28-13-4-6-17(24(26)27)12(2)8-13/h4-8,10H,3,9,11H2,1-2H3,(H,21,25). The van der Waals surface area contributed by atoms with E-state index in [0.717, 1.165) is 0 Å². The zero-order chi connectivity index (χ0) is 21.0. The fourth-order valence-corrected chi connectivity index (χ4v) is 2.84. The predicted octanol–water partition coefficient (Wildman–Crippen LogP) is 3.88. The van der Waals surface area contributed by atoms with Crippen LogP contribution in [-0.4, -0.2) is 20.6 Å². The van der Waals surface area contributed by atoms with Gasteiger partial charge in [-0.05, 0) is 38.1 Å². The summed E-state index contributed by atoms with van der Waals surface area (Å²) in [6, 6.07) is 7.65. The van der Waals surface area contributed by atoms with Crippen LogP contribution in [0.15, 0.2) is 40.9 Å². The number of benzene rings is 1. The zero-order valence-corrected chi connectivity index (χ0v) is 16.6. The van der Waals surface area contributed by atoms with Gasteiger partial charge in [-0.3, -0.25) is 19.6 Å². The van der Waals surface area contributed by atoms with Gasteiger partial charge in [0.2, 0.25) is 0 Å². The number of furan rings is 1. The summed E-state index contributed by atoms with van der Waals surface area (Å²) in [5.74, 6) is 0.648. The molecule has 2 heterocycles. The van der Waals surface area contributed by atoms with Gasteiger partial charge in [-0.25, -0.2) is 0 Å². The van der Waals surface area contributed by atoms with Crippen LogP contribution in [-0.2, 0) is 19.7 Å². The number of nitrogens with zero attached hydrogens (tertiary/aromatic N) is 3. The van der Waals surface area contributed by atoms with Crippen LogP contribution in [0.4, 0.5) is 5.69 Å². The van der Waals surface area contributed by atoms with Gasteiger partial charge in [0.05, 0.1) is 16.5 Å². The van der Waals surface area contributed by atoms with E-state index >= 15 is 0 Å². The number of nitro groups is 1. The number of ether oxygens (including phenoxy) is 1. The molecule has 0 atom stereocenters. The Hall–Kier alpha value is -3.33. The molecule has 1 amide bonds. The molecule has 0 aliphatic rings. The lowest BCUT2D eigenvalue weighted by Gasteiger charge is -2.05. The maximum absolute atomic E-state index is 12.3. The second kappa shape index (κ2) is 8.78. The number of nitrogens with one attached hydrogen (secondary N) is 1. The van der Waals surface area contributed by atoms with E-state index in [1.807, 2.05) is 6.92 Å². The van der Waals surface area contributed by atoms with Crippen molar-refractivity contribution >= 4 is 23.2 Å². The molecule has 0 aliphatic heterocycles. The normalized spacial score (nSPS) is 10.7. The molecule has 1 aromatic carbocycles. The number of halogens is 1. The quantitative estimate of drug-likeness (QED) is 0.439. The van der Waals surface area contributed by atoms with E-state index in [0.29, 0.717) is 34.3 Å². The van der Waals surface area contributed by atoms with E-state index < -0.39 is 10.8 Å². The predicted molar refractivity (Wildman–Crippen MR) is 105 cm³/mol. The fraction of sp³-hybridized carbons (Fsp3) is 0.263. The van der Waals surface area contributed by atoms with Gasteiger partial charge in [-0.2, -0.15) is 5.10 Å². The zero-order valence-electron chi connectivity index (χ0n) is 15.8. The van der Waals surface area contributed by atoms with E-state index in [1.54, 1.807) is 36.0 Å². The lowest BCUT2D eigenvalue weighted by atomic mass is 10.2. The first kappa shape index (κ1) is 20.4. The lowest BCUT2D eigenvalue weighted by molar-refractivity contribution is -0.385. The smallest absolute Gasteiger partial charge is 0.287 e. The third-order valence-corrected chi connectivity index (χ3v) is 4.47. The second-order valence-electron chi connectivity index (χ2n) is 6.22. The maximum atomic E-state index is 12.3. The Labute approximate surface area is 171 Å². The number of nitro benzene ring substituents is 1. The highest BCUT2D eigenvalue weighted by Gasteiger charge is 2.14. The van der Waals surface area contributed by atoms with Gasteiger partial charge in [-0.15, -0.1) is 0 Å². The van der Waals surface area contributed by atoms with Crippen molar-refractivity contribution in [3.05, 3.63) is 74.4 Å². The molecule has 0 spiro atoms. The summed E-state index contributed by atoms with van der Waals surface area (Å²) in [5, 5.41) is 18.3. The number of rotatable bonds is 8. The minimum absolute atomic E-state index is 0.0261. The van der Waals surface area contributed by atoms with Gasteiger partial charge in [0, 0.05) is 24.4 Å². The number of hydrogen-bond donors (Lipinski definition) is 1. The van der Waals surface area contributed by atoms with E-state index in [9.17, 15) is 14.9 Å². The summed E-state index contributed by atoms with van der Waals surface area (Å²) in [5.41, 5.74) is 1.10. The Balaban J connectivity index is 1.56. The molecular weight excluding hydrogens is 400 g/mol.